The van der Waals surface area contributed by atoms with E-state index in [1.54, 1.807) is 6.20 Å². The van der Waals surface area contributed by atoms with Crippen LogP contribution in [0.1, 0.15) is 32.3 Å². The Kier molecular flexibility index (Phi) is 8.07. The van der Waals surface area contributed by atoms with E-state index in [9.17, 15) is 4.79 Å². The number of aromatic nitrogens is 1. The van der Waals surface area contributed by atoms with Crippen molar-refractivity contribution in [2.24, 2.45) is 5.92 Å². The molecule has 1 amide bonds. The van der Waals surface area contributed by atoms with Crippen molar-refractivity contribution in [2.75, 3.05) is 17.6 Å². The van der Waals surface area contributed by atoms with Gasteiger partial charge in [0.1, 0.15) is 5.82 Å². The molecule has 1 fully saturated rings. The zero-order chi connectivity index (χ0) is 14.4. The molecule has 0 bridgehead atoms. The van der Waals surface area contributed by atoms with E-state index < -0.39 is 0 Å². The molecule has 21 heavy (non-hydrogen) atoms. The Hall–Kier alpha value is -0.780. The molecule has 1 aliphatic rings. The maximum Gasteiger partial charge on any atom is 0.228 e. The number of hydrogen-bond donors (Lipinski definition) is 2. The lowest BCUT2D eigenvalue weighted by molar-refractivity contribution is -0.120. The van der Waals surface area contributed by atoms with Gasteiger partial charge in [-0.1, -0.05) is 6.92 Å². The topological polar surface area (TPSA) is 54.0 Å². The summed E-state index contributed by atoms with van der Waals surface area (Å²) in [6, 6.07) is 4.40. The first-order valence-electron chi connectivity index (χ1n) is 7.26. The van der Waals surface area contributed by atoms with E-state index in [1.807, 2.05) is 23.9 Å². The largest absolute Gasteiger partial charge is 0.314 e. The minimum Gasteiger partial charge on any atom is -0.314 e. The van der Waals surface area contributed by atoms with E-state index in [0.29, 0.717) is 11.9 Å². The number of carbonyl (C=O) groups is 1. The summed E-state index contributed by atoms with van der Waals surface area (Å²) >= 11 is 1.87. The fraction of sp³-hybridized carbons (Fsp3) is 0.600. The van der Waals surface area contributed by atoms with E-state index >= 15 is 0 Å². The molecule has 4 nitrogen and oxygen atoms in total. The normalized spacial score (nSPS) is 21.4. The lowest BCUT2D eigenvalue weighted by Crippen LogP contribution is -2.40. The fourth-order valence-corrected chi connectivity index (χ4v) is 3.07. The summed E-state index contributed by atoms with van der Waals surface area (Å²) in [4.78, 5) is 16.5. The Morgan fingerprint density at radius 1 is 1.57 bits per heavy atom. The Morgan fingerprint density at radius 3 is 3.10 bits per heavy atom. The predicted octanol–water partition coefficient (Wildman–Crippen LogP) is 3.08. The Balaban J connectivity index is 0.00000220. The lowest BCUT2D eigenvalue weighted by atomic mass is 9.92. The number of anilines is 1. The summed E-state index contributed by atoms with van der Waals surface area (Å²) in [6.45, 7) is 5.19. The third-order valence-electron chi connectivity index (χ3n) is 3.54. The van der Waals surface area contributed by atoms with E-state index in [0.717, 1.165) is 30.9 Å². The van der Waals surface area contributed by atoms with Crippen molar-refractivity contribution in [3.05, 3.63) is 23.9 Å². The van der Waals surface area contributed by atoms with Gasteiger partial charge in [0, 0.05) is 23.9 Å². The van der Waals surface area contributed by atoms with Crippen LogP contribution in [0.5, 0.6) is 0 Å². The summed E-state index contributed by atoms with van der Waals surface area (Å²) in [5.74, 6) is 2.94. The third kappa shape index (κ3) is 5.85. The zero-order valence-corrected chi connectivity index (χ0v) is 14.2. The van der Waals surface area contributed by atoms with Crippen LogP contribution in [0.3, 0.4) is 0 Å². The quantitative estimate of drug-likeness (QED) is 0.871. The van der Waals surface area contributed by atoms with E-state index in [-0.39, 0.29) is 24.2 Å². The van der Waals surface area contributed by atoms with Crippen molar-refractivity contribution in [3.63, 3.8) is 0 Å². The molecule has 118 valence electrons. The molecule has 0 saturated carbocycles. The molecule has 0 spiro atoms. The number of rotatable bonds is 5. The van der Waals surface area contributed by atoms with Gasteiger partial charge in [0.15, 0.2) is 0 Å². The predicted molar refractivity (Wildman–Crippen MR) is 92.1 cm³/mol. The molecular formula is C15H24ClN3OS. The highest BCUT2D eigenvalue weighted by Gasteiger charge is 2.24. The molecule has 1 aliphatic heterocycles. The SMILES string of the molecule is CCSCc1ccnc(NC(=O)[C@H]2CCN[C@@H](C)C2)c1.Cl. The van der Waals surface area contributed by atoms with Crippen LogP contribution in [-0.2, 0) is 10.5 Å². The van der Waals surface area contributed by atoms with Gasteiger partial charge in [0.05, 0.1) is 0 Å². The van der Waals surface area contributed by atoms with E-state index in [1.165, 1.54) is 5.56 Å². The molecule has 1 aromatic heterocycles. The van der Waals surface area contributed by atoms with Gasteiger partial charge in [-0.15, -0.1) is 12.4 Å². The van der Waals surface area contributed by atoms with Gasteiger partial charge in [-0.3, -0.25) is 4.79 Å². The van der Waals surface area contributed by atoms with Crippen LogP contribution < -0.4 is 10.6 Å². The first kappa shape index (κ1) is 18.3. The minimum absolute atomic E-state index is 0. The average Bonchev–Trinajstić information content (AvgIpc) is 2.45. The van der Waals surface area contributed by atoms with Crippen molar-refractivity contribution in [1.82, 2.24) is 10.3 Å². The van der Waals surface area contributed by atoms with Crippen molar-refractivity contribution >= 4 is 35.9 Å². The maximum absolute atomic E-state index is 12.3. The number of halogens is 1. The highest BCUT2D eigenvalue weighted by atomic mass is 35.5. The molecule has 0 radical (unpaired) electrons. The summed E-state index contributed by atoms with van der Waals surface area (Å²) in [6.07, 6.45) is 3.57. The average molecular weight is 330 g/mol. The molecule has 2 rings (SSSR count). The van der Waals surface area contributed by atoms with Gasteiger partial charge in [0.2, 0.25) is 5.91 Å². The van der Waals surface area contributed by atoms with Gasteiger partial charge in [0.25, 0.3) is 0 Å². The maximum atomic E-state index is 12.3. The second-order valence-electron chi connectivity index (χ2n) is 5.25. The number of thioether (sulfide) groups is 1. The molecule has 1 saturated heterocycles. The molecule has 2 heterocycles. The van der Waals surface area contributed by atoms with Crippen LogP contribution in [0.25, 0.3) is 0 Å². The lowest BCUT2D eigenvalue weighted by Gasteiger charge is -2.26. The summed E-state index contributed by atoms with van der Waals surface area (Å²) < 4.78 is 0. The van der Waals surface area contributed by atoms with E-state index in [2.05, 4.69) is 29.5 Å². The molecule has 2 atom stereocenters. The summed E-state index contributed by atoms with van der Waals surface area (Å²) in [7, 11) is 0. The molecule has 2 N–H and O–H groups in total. The van der Waals surface area contributed by atoms with Crippen molar-refractivity contribution in [1.29, 1.82) is 0 Å². The number of nitrogens with one attached hydrogen (secondary N) is 2. The van der Waals surface area contributed by atoms with E-state index in [4.69, 9.17) is 0 Å². The molecular weight excluding hydrogens is 306 g/mol. The molecule has 1 aromatic rings. The van der Waals surface area contributed by atoms with Crippen LogP contribution in [0.2, 0.25) is 0 Å². The number of pyridine rings is 1. The standard InChI is InChI=1S/C15H23N3OS.ClH/c1-3-20-10-12-4-6-17-14(9-12)18-15(19)13-5-7-16-11(2)8-13;/h4,6,9,11,13,16H,3,5,7-8,10H2,1-2H3,(H,17,18,19);1H/t11-,13-;/m0./s1. The summed E-state index contributed by atoms with van der Waals surface area (Å²) in [5, 5.41) is 6.33. The molecule has 0 aromatic carbocycles. The Labute approximate surface area is 137 Å². The van der Waals surface area contributed by atoms with Gasteiger partial charge < -0.3 is 10.6 Å². The van der Waals surface area contributed by atoms with Crippen LogP contribution in [-0.4, -0.2) is 29.2 Å². The van der Waals surface area contributed by atoms with Crippen LogP contribution >= 0.6 is 24.2 Å². The van der Waals surface area contributed by atoms with Gasteiger partial charge in [-0.2, -0.15) is 11.8 Å². The molecule has 0 unspecified atom stereocenters. The number of piperidine rings is 1. The van der Waals surface area contributed by atoms with Gasteiger partial charge >= 0.3 is 0 Å². The third-order valence-corrected chi connectivity index (χ3v) is 4.49. The number of amides is 1. The minimum atomic E-state index is 0. The Morgan fingerprint density at radius 2 is 2.38 bits per heavy atom. The monoisotopic (exact) mass is 329 g/mol. The first-order valence-corrected chi connectivity index (χ1v) is 8.41. The molecule has 6 heteroatoms. The van der Waals surface area contributed by atoms with Crippen molar-refractivity contribution in [3.8, 4) is 0 Å². The molecule has 0 aliphatic carbocycles. The number of hydrogen-bond acceptors (Lipinski definition) is 4. The second-order valence-corrected chi connectivity index (χ2v) is 6.53. The van der Waals surface area contributed by atoms with Crippen LogP contribution in [0.4, 0.5) is 5.82 Å². The highest BCUT2D eigenvalue weighted by molar-refractivity contribution is 7.98. The fourth-order valence-electron chi connectivity index (χ4n) is 2.45. The number of carbonyl (C=O) groups excluding carboxylic acids is 1. The first-order chi connectivity index (χ1) is 9.69. The van der Waals surface area contributed by atoms with Crippen LogP contribution in [0.15, 0.2) is 18.3 Å². The zero-order valence-electron chi connectivity index (χ0n) is 12.6. The Bertz CT molecular complexity index is 458. The van der Waals surface area contributed by atoms with Crippen molar-refractivity contribution < 1.29 is 4.79 Å². The van der Waals surface area contributed by atoms with Gasteiger partial charge in [-0.05, 0) is 49.8 Å². The summed E-state index contributed by atoms with van der Waals surface area (Å²) in [5.41, 5.74) is 1.21. The van der Waals surface area contributed by atoms with Crippen molar-refractivity contribution in [2.45, 2.75) is 38.5 Å². The smallest absolute Gasteiger partial charge is 0.228 e. The van der Waals surface area contributed by atoms with Gasteiger partial charge in [-0.25, -0.2) is 4.98 Å². The second kappa shape index (κ2) is 9.28. The number of nitrogens with zero attached hydrogens (tertiary/aromatic N) is 1. The highest BCUT2D eigenvalue weighted by Crippen LogP contribution is 2.19. The van der Waals surface area contributed by atoms with Crippen LogP contribution in [0, 0.1) is 5.92 Å².